The van der Waals surface area contributed by atoms with E-state index in [4.69, 9.17) is 0 Å². The lowest BCUT2D eigenvalue weighted by Crippen LogP contribution is -2.30. The van der Waals surface area contributed by atoms with E-state index in [0.29, 0.717) is 18.8 Å². The van der Waals surface area contributed by atoms with Crippen molar-refractivity contribution in [2.24, 2.45) is 0 Å². The topological polar surface area (TPSA) is 110 Å². The van der Waals surface area contributed by atoms with E-state index in [2.05, 4.69) is 20.5 Å². The molecular weight excluding hydrogens is 331 g/mol. The molecule has 0 spiro atoms. The maximum absolute atomic E-state index is 12.4. The Hall–Kier alpha value is -2.66. The van der Waals surface area contributed by atoms with Crippen molar-refractivity contribution in [3.63, 3.8) is 0 Å². The number of carbonyl (C=O) groups is 1. The molecule has 130 valence electrons. The molecule has 0 fully saturated rings. The molecule has 0 saturated carbocycles. The number of alkyl halides is 3. The number of nitrogens with zero attached hydrogens (tertiary/aromatic N) is 5. The molecule has 2 aromatic rings. The Morgan fingerprint density at radius 1 is 1.29 bits per heavy atom. The second kappa shape index (κ2) is 6.09. The van der Waals surface area contributed by atoms with Crippen LogP contribution in [-0.4, -0.2) is 35.4 Å². The van der Waals surface area contributed by atoms with Gasteiger partial charge in [-0.05, 0) is 12.8 Å². The molecule has 3 rings (SSSR count). The van der Waals surface area contributed by atoms with Crippen molar-refractivity contribution in [1.82, 2.24) is 29.5 Å². The Bertz CT molecular complexity index is 804. The summed E-state index contributed by atoms with van der Waals surface area (Å²) >= 11 is 0. The molecule has 0 aromatic carbocycles. The number of carbonyl (C=O) groups excluding carboxylic acids is 1. The Labute approximate surface area is 132 Å². The third-order valence-electron chi connectivity index (χ3n) is 3.58. The summed E-state index contributed by atoms with van der Waals surface area (Å²) in [6, 6.07) is 0. The smallest absolute Gasteiger partial charge is 0.292 e. The highest BCUT2D eigenvalue weighted by Crippen LogP contribution is 2.26. The number of amides is 1. The number of nitrogens with one attached hydrogen (secondary N) is 2. The Kier molecular flexibility index (Phi) is 4.11. The molecule has 24 heavy (non-hydrogen) atoms. The van der Waals surface area contributed by atoms with E-state index in [-0.39, 0.29) is 0 Å². The summed E-state index contributed by atoms with van der Waals surface area (Å²) in [6.45, 7) is 0.125. The number of aromatic nitrogens is 6. The van der Waals surface area contributed by atoms with Gasteiger partial charge in [0.05, 0.1) is 0 Å². The summed E-state index contributed by atoms with van der Waals surface area (Å²) < 4.78 is 39.7. The summed E-state index contributed by atoms with van der Waals surface area (Å²) in [6.07, 6.45) is -1.24. The fraction of sp³-hybridized carbons (Fsp3) is 0.583. The minimum Gasteiger partial charge on any atom is -0.292 e. The third kappa shape index (κ3) is 3.31. The van der Waals surface area contributed by atoms with E-state index in [9.17, 15) is 22.8 Å². The van der Waals surface area contributed by atoms with Crippen molar-refractivity contribution < 1.29 is 18.0 Å². The maximum Gasteiger partial charge on any atom is 0.451 e. The molecule has 0 unspecified atom stereocenters. The van der Waals surface area contributed by atoms with Gasteiger partial charge < -0.3 is 0 Å². The molecule has 0 saturated heterocycles. The molecule has 2 aromatic heterocycles. The van der Waals surface area contributed by atoms with Crippen LogP contribution >= 0.6 is 0 Å². The average molecular weight is 345 g/mol. The fourth-order valence-electron chi connectivity index (χ4n) is 2.47. The average Bonchev–Trinajstić information content (AvgIpc) is 2.98. The first-order valence-corrected chi connectivity index (χ1v) is 7.30. The normalized spacial score (nSPS) is 15.0. The SMILES string of the molecule is O=C(Cn1nc2n(c1=O)CCCCC2)Nc1n[nH]c(C(F)(F)F)n1. The number of anilines is 1. The lowest BCUT2D eigenvalue weighted by molar-refractivity contribution is -0.144. The number of fused-ring (bicyclic) bond motifs is 1. The number of hydrogen-bond donors (Lipinski definition) is 2. The molecular formula is C12H14F3N7O2. The number of H-pyrrole nitrogens is 1. The van der Waals surface area contributed by atoms with Crippen LogP contribution in [0.1, 0.15) is 30.9 Å². The first kappa shape index (κ1) is 16.2. The first-order valence-electron chi connectivity index (χ1n) is 7.30. The zero-order chi connectivity index (χ0) is 17.3. The van der Waals surface area contributed by atoms with Crippen molar-refractivity contribution in [3.05, 3.63) is 22.1 Å². The van der Waals surface area contributed by atoms with Gasteiger partial charge in [0.15, 0.2) is 0 Å². The minimum atomic E-state index is -4.69. The van der Waals surface area contributed by atoms with Crippen LogP contribution in [0, 0.1) is 0 Å². The van der Waals surface area contributed by atoms with E-state index >= 15 is 0 Å². The zero-order valence-corrected chi connectivity index (χ0v) is 12.4. The van der Waals surface area contributed by atoms with Gasteiger partial charge in [-0.25, -0.2) is 9.48 Å². The van der Waals surface area contributed by atoms with Crippen molar-refractivity contribution in [2.45, 2.75) is 44.9 Å². The van der Waals surface area contributed by atoms with E-state index < -0.39 is 36.1 Å². The van der Waals surface area contributed by atoms with E-state index in [0.717, 1.165) is 23.9 Å². The highest BCUT2D eigenvalue weighted by molar-refractivity contribution is 5.88. The van der Waals surface area contributed by atoms with Crippen LogP contribution in [0.15, 0.2) is 4.79 Å². The predicted octanol–water partition coefficient (Wildman–Crippen LogP) is 0.547. The predicted molar refractivity (Wildman–Crippen MR) is 74.1 cm³/mol. The van der Waals surface area contributed by atoms with Gasteiger partial charge in [-0.2, -0.15) is 23.3 Å². The molecule has 12 heteroatoms. The molecule has 0 radical (unpaired) electrons. The quantitative estimate of drug-likeness (QED) is 0.844. The highest BCUT2D eigenvalue weighted by Gasteiger charge is 2.35. The molecule has 9 nitrogen and oxygen atoms in total. The van der Waals surface area contributed by atoms with Crippen LogP contribution in [-0.2, 0) is 30.5 Å². The van der Waals surface area contributed by atoms with Gasteiger partial charge in [-0.3, -0.25) is 19.8 Å². The fourth-order valence-corrected chi connectivity index (χ4v) is 2.47. The second-order valence-electron chi connectivity index (χ2n) is 5.37. The number of halogens is 3. The van der Waals surface area contributed by atoms with Crippen LogP contribution < -0.4 is 11.0 Å². The molecule has 1 amide bonds. The zero-order valence-electron chi connectivity index (χ0n) is 12.4. The van der Waals surface area contributed by atoms with E-state index in [1.807, 2.05) is 0 Å². The summed E-state index contributed by atoms with van der Waals surface area (Å²) in [7, 11) is 0. The number of aryl methyl sites for hydroxylation is 1. The van der Waals surface area contributed by atoms with Crippen molar-refractivity contribution in [3.8, 4) is 0 Å². The van der Waals surface area contributed by atoms with Gasteiger partial charge in [0.2, 0.25) is 17.7 Å². The molecule has 0 bridgehead atoms. The van der Waals surface area contributed by atoms with Gasteiger partial charge >= 0.3 is 11.9 Å². The Morgan fingerprint density at radius 2 is 2.08 bits per heavy atom. The van der Waals surface area contributed by atoms with Gasteiger partial charge in [-0.1, -0.05) is 6.42 Å². The monoisotopic (exact) mass is 345 g/mol. The molecule has 0 aliphatic carbocycles. The van der Waals surface area contributed by atoms with Crippen LogP contribution in [0.25, 0.3) is 0 Å². The molecule has 3 heterocycles. The van der Waals surface area contributed by atoms with Crippen LogP contribution in [0.2, 0.25) is 0 Å². The number of aromatic amines is 1. The largest absolute Gasteiger partial charge is 0.451 e. The molecule has 1 aliphatic rings. The van der Waals surface area contributed by atoms with Crippen LogP contribution in [0.4, 0.5) is 19.1 Å². The van der Waals surface area contributed by atoms with Gasteiger partial charge in [0.25, 0.3) is 0 Å². The molecule has 2 N–H and O–H groups in total. The minimum absolute atomic E-state index is 0.409. The van der Waals surface area contributed by atoms with Crippen molar-refractivity contribution in [2.75, 3.05) is 5.32 Å². The lowest BCUT2D eigenvalue weighted by Gasteiger charge is -2.01. The van der Waals surface area contributed by atoms with Gasteiger partial charge in [0.1, 0.15) is 12.4 Å². The lowest BCUT2D eigenvalue weighted by atomic mass is 10.2. The Morgan fingerprint density at radius 3 is 2.79 bits per heavy atom. The van der Waals surface area contributed by atoms with E-state index in [1.54, 1.807) is 5.10 Å². The molecule has 1 aliphatic heterocycles. The summed E-state index contributed by atoms with van der Waals surface area (Å²) in [5, 5.41) is 11.2. The van der Waals surface area contributed by atoms with Crippen molar-refractivity contribution in [1.29, 1.82) is 0 Å². The second-order valence-corrected chi connectivity index (χ2v) is 5.37. The maximum atomic E-state index is 12.4. The van der Waals surface area contributed by atoms with Crippen LogP contribution in [0.5, 0.6) is 0 Å². The number of rotatable bonds is 3. The van der Waals surface area contributed by atoms with Crippen LogP contribution in [0.3, 0.4) is 0 Å². The number of hydrogen-bond acceptors (Lipinski definition) is 5. The standard InChI is InChI=1S/C12H14F3N7O2/c13-12(14,15)9-17-10(19-18-9)16-8(23)6-22-11(24)21-5-3-1-2-4-7(21)20-22/h1-6H2,(H2,16,17,18,19,23). The first-order chi connectivity index (χ1) is 11.3. The van der Waals surface area contributed by atoms with E-state index in [1.165, 1.54) is 4.57 Å². The molecule has 0 atom stereocenters. The van der Waals surface area contributed by atoms with Gasteiger partial charge in [-0.15, -0.1) is 5.10 Å². The summed E-state index contributed by atoms with van der Waals surface area (Å²) in [5.41, 5.74) is -0.409. The summed E-state index contributed by atoms with van der Waals surface area (Å²) in [5.74, 6) is -1.95. The highest BCUT2D eigenvalue weighted by atomic mass is 19.4. The third-order valence-corrected chi connectivity index (χ3v) is 3.58. The van der Waals surface area contributed by atoms with Crippen molar-refractivity contribution >= 4 is 11.9 Å². The summed E-state index contributed by atoms with van der Waals surface area (Å²) in [4.78, 5) is 27.2. The Balaban J connectivity index is 1.69. The van der Waals surface area contributed by atoms with Gasteiger partial charge in [0, 0.05) is 13.0 Å².